The molecule has 0 bridgehead atoms. The molecule has 0 unspecified atom stereocenters. The summed E-state index contributed by atoms with van der Waals surface area (Å²) in [6.45, 7) is 0. The smallest absolute Gasteiger partial charge is 0.263 e. The van der Waals surface area contributed by atoms with Crippen molar-refractivity contribution in [2.75, 3.05) is 0 Å². The van der Waals surface area contributed by atoms with Crippen LogP contribution in [0.2, 0.25) is 0 Å². The highest BCUT2D eigenvalue weighted by atomic mass is 32.1. The number of aryl methyl sites for hydroxylation is 1. The minimum atomic E-state index is -0.238. The average molecular weight is 333 g/mol. The number of primary amides is 1. The lowest BCUT2D eigenvalue weighted by Gasteiger charge is -2.27. The van der Waals surface area contributed by atoms with Gasteiger partial charge in [-0.25, -0.2) is 4.98 Å². The SMILES string of the molecule is Cn1cc(-c2ncc(C(=O)NC3CCC(C(N)=O)CC3)s2)cn1. The molecule has 8 heteroatoms. The third-order valence-electron chi connectivity index (χ3n) is 4.15. The Morgan fingerprint density at radius 3 is 2.65 bits per heavy atom. The van der Waals surface area contributed by atoms with Crippen LogP contribution < -0.4 is 11.1 Å². The molecule has 1 aliphatic carbocycles. The molecule has 2 amide bonds. The molecule has 0 spiro atoms. The summed E-state index contributed by atoms with van der Waals surface area (Å²) in [6.07, 6.45) is 8.24. The normalized spacial score (nSPS) is 21.1. The molecule has 2 aromatic rings. The first-order chi connectivity index (χ1) is 11.0. The number of aromatic nitrogens is 3. The molecule has 122 valence electrons. The predicted molar refractivity (Wildman–Crippen MR) is 86.7 cm³/mol. The monoisotopic (exact) mass is 333 g/mol. The fourth-order valence-corrected chi connectivity index (χ4v) is 3.62. The van der Waals surface area contributed by atoms with Crippen molar-refractivity contribution in [1.29, 1.82) is 0 Å². The number of nitrogens with zero attached hydrogens (tertiary/aromatic N) is 3. The highest BCUT2D eigenvalue weighted by molar-refractivity contribution is 7.16. The van der Waals surface area contributed by atoms with Gasteiger partial charge in [-0.15, -0.1) is 11.3 Å². The maximum absolute atomic E-state index is 12.3. The summed E-state index contributed by atoms with van der Waals surface area (Å²) in [6, 6.07) is 0.0991. The summed E-state index contributed by atoms with van der Waals surface area (Å²) in [7, 11) is 1.84. The van der Waals surface area contributed by atoms with E-state index >= 15 is 0 Å². The molecule has 0 aromatic carbocycles. The van der Waals surface area contributed by atoms with Gasteiger partial charge in [-0.05, 0) is 25.7 Å². The number of thiazole rings is 1. The van der Waals surface area contributed by atoms with Gasteiger partial charge in [0.1, 0.15) is 9.88 Å². The van der Waals surface area contributed by atoms with Crippen LogP contribution in [-0.4, -0.2) is 32.6 Å². The Labute approximate surface area is 137 Å². The first kappa shape index (κ1) is 15.7. The van der Waals surface area contributed by atoms with Gasteiger partial charge in [-0.3, -0.25) is 14.3 Å². The van der Waals surface area contributed by atoms with Crippen LogP contribution in [-0.2, 0) is 11.8 Å². The Bertz CT molecular complexity index is 715. The van der Waals surface area contributed by atoms with Gasteiger partial charge in [0.25, 0.3) is 5.91 Å². The van der Waals surface area contributed by atoms with Crippen LogP contribution in [0.25, 0.3) is 10.6 Å². The van der Waals surface area contributed by atoms with Gasteiger partial charge in [0, 0.05) is 30.8 Å². The Kier molecular flexibility index (Phi) is 4.42. The first-order valence-electron chi connectivity index (χ1n) is 7.58. The van der Waals surface area contributed by atoms with Gasteiger partial charge in [0.05, 0.1) is 12.4 Å². The highest BCUT2D eigenvalue weighted by Crippen LogP contribution is 2.26. The van der Waals surface area contributed by atoms with Crippen LogP contribution in [0.4, 0.5) is 0 Å². The van der Waals surface area contributed by atoms with E-state index in [0.29, 0.717) is 4.88 Å². The van der Waals surface area contributed by atoms with Crippen LogP contribution in [0.15, 0.2) is 18.6 Å². The molecule has 3 N–H and O–H groups in total. The number of carbonyl (C=O) groups excluding carboxylic acids is 2. The summed E-state index contributed by atoms with van der Waals surface area (Å²) in [5.74, 6) is -0.401. The van der Waals surface area contributed by atoms with Crippen molar-refractivity contribution in [2.45, 2.75) is 31.7 Å². The maximum atomic E-state index is 12.3. The number of hydrogen-bond donors (Lipinski definition) is 2. The fraction of sp³-hybridized carbons (Fsp3) is 0.467. The van der Waals surface area contributed by atoms with Gasteiger partial charge in [0.15, 0.2) is 0 Å². The predicted octanol–water partition coefficient (Wildman–Crippen LogP) is 1.32. The summed E-state index contributed by atoms with van der Waals surface area (Å²) < 4.78 is 1.70. The number of nitrogens with one attached hydrogen (secondary N) is 1. The minimum absolute atomic E-state index is 0.0521. The standard InChI is InChI=1S/C15H19N5O2S/c1-20-8-10(6-18-20)15-17-7-12(23-15)14(22)19-11-4-2-9(3-5-11)13(16)21/h6-9,11H,2-5H2,1H3,(H2,16,21)(H,19,22). The van der Waals surface area contributed by atoms with E-state index in [1.54, 1.807) is 17.1 Å². The van der Waals surface area contributed by atoms with E-state index in [4.69, 9.17) is 5.73 Å². The molecule has 0 aliphatic heterocycles. The summed E-state index contributed by atoms with van der Waals surface area (Å²) in [4.78, 5) is 28.4. The van der Waals surface area contributed by atoms with Crippen LogP contribution in [0.3, 0.4) is 0 Å². The van der Waals surface area contributed by atoms with Gasteiger partial charge in [-0.2, -0.15) is 5.10 Å². The molecule has 0 saturated heterocycles. The zero-order valence-electron chi connectivity index (χ0n) is 12.9. The zero-order valence-corrected chi connectivity index (χ0v) is 13.7. The van der Waals surface area contributed by atoms with Crippen molar-refractivity contribution < 1.29 is 9.59 Å². The number of nitrogens with two attached hydrogens (primary N) is 1. The van der Waals surface area contributed by atoms with E-state index in [0.717, 1.165) is 36.3 Å². The number of hydrogen-bond acceptors (Lipinski definition) is 5. The molecule has 3 rings (SSSR count). The van der Waals surface area contributed by atoms with Gasteiger partial charge in [-0.1, -0.05) is 0 Å². The Morgan fingerprint density at radius 1 is 1.30 bits per heavy atom. The van der Waals surface area contributed by atoms with Crippen molar-refractivity contribution in [3.63, 3.8) is 0 Å². The molecule has 1 fully saturated rings. The molecule has 2 aromatic heterocycles. The summed E-state index contributed by atoms with van der Waals surface area (Å²) in [5.41, 5.74) is 6.23. The van der Waals surface area contributed by atoms with Crippen LogP contribution in [0.5, 0.6) is 0 Å². The van der Waals surface area contributed by atoms with E-state index in [-0.39, 0.29) is 23.8 Å². The van der Waals surface area contributed by atoms with Crippen molar-refractivity contribution in [3.8, 4) is 10.6 Å². The van der Waals surface area contributed by atoms with Gasteiger partial charge in [0.2, 0.25) is 5.91 Å². The van der Waals surface area contributed by atoms with Crippen molar-refractivity contribution >= 4 is 23.2 Å². The number of rotatable bonds is 4. The van der Waals surface area contributed by atoms with Crippen molar-refractivity contribution in [3.05, 3.63) is 23.5 Å². The Morgan fingerprint density at radius 2 is 2.04 bits per heavy atom. The first-order valence-corrected chi connectivity index (χ1v) is 8.39. The van der Waals surface area contributed by atoms with Gasteiger partial charge < -0.3 is 11.1 Å². The fourth-order valence-electron chi connectivity index (χ4n) is 2.82. The number of carbonyl (C=O) groups is 2. The third kappa shape index (κ3) is 3.58. The lowest BCUT2D eigenvalue weighted by molar-refractivity contribution is -0.122. The quantitative estimate of drug-likeness (QED) is 0.880. The number of amides is 2. The molecule has 0 radical (unpaired) electrons. The Hall–Kier alpha value is -2.22. The van der Waals surface area contributed by atoms with Gasteiger partial charge >= 0.3 is 0 Å². The Balaban J connectivity index is 1.59. The van der Waals surface area contributed by atoms with E-state index < -0.39 is 0 Å². The maximum Gasteiger partial charge on any atom is 0.263 e. The summed E-state index contributed by atoms with van der Waals surface area (Å²) >= 11 is 1.35. The van der Waals surface area contributed by atoms with Crippen LogP contribution in [0.1, 0.15) is 35.4 Å². The van der Waals surface area contributed by atoms with Crippen molar-refractivity contribution in [1.82, 2.24) is 20.1 Å². The lowest BCUT2D eigenvalue weighted by Crippen LogP contribution is -2.39. The minimum Gasteiger partial charge on any atom is -0.369 e. The zero-order chi connectivity index (χ0) is 16.4. The third-order valence-corrected chi connectivity index (χ3v) is 5.19. The summed E-state index contributed by atoms with van der Waals surface area (Å²) in [5, 5.41) is 7.91. The van der Waals surface area contributed by atoms with E-state index in [2.05, 4.69) is 15.4 Å². The average Bonchev–Trinajstić information content (AvgIpc) is 3.16. The molecule has 23 heavy (non-hydrogen) atoms. The van der Waals surface area contributed by atoms with E-state index in [9.17, 15) is 9.59 Å². The lowest BCUT2D eigenvalue weighted by atomic mass is 9.85. The largest absolute Gasteiger partial charge is 0.369 e. The molecule has 1 saturated carbocycles. The molecule has 7 nitrogen and oxygen atoms in total. The molecular formula is C15H19N5O2S. The molecule has 2 heterocycles. The van der Waals surface area contributed by atoms with Crippen molar-refractivity contribution in [2.24, 2.45) is 18.7 Å². The second kappa shape index (κ2) is 6.49. The van der Waals surface area contributed by atoms with E-state index in [1.807, 2.05) is 13.2 Å². The molecular weight excluding hydrogens is 314 g/mol. The second-order valence-electron chi connectivity index (χ2n) is 5.86. The van der Waals surface area contributed by atoms with E-state index in [1.165, 1.54) is 11.3 Å². The second-order valence-corrected chi connectivity index (χ2v) is 6.89. The topological polar surface area (TPSA) is 103 Å². The molecule has 0 atom stereocenters. The molecule has 1 aliphatic rings. The van der Waals surface area contributed by atoms with Crippen LogP contribution in [0, 0.1) is 5.92 Å². The van der Waals surface area contributed by atoms with Crippen LogP contribution >= 0.6 is 11.3 Å². The highest BCUT2D eigenvalue weighted by Gasteiger charge is 2.26.